The second kappa shape index (κ2) is 3.62. The molecular formula is C8H7ClF3NO2. The Labute approximate surface area is 88.1 Å². The average Bonchev–Trinajstić information content (AvgIpc) is 2.07. The fraction of sp³-hybridized carbons (Fsp3) is 0.375. The van der Waals surface area contributed by atoms with E-state index in [1.807, 2.05) is 0 Å². The normalized spacial score (nSPS) is 13.0. The number of nitrogens with zero attached hydrogens (tertiary/aromatic N) is 1. The first-order valence-electron chi connectivity index (χ1n) is 3.80. The molecule has 3 nitrogen and oxygen atoms in total. The summed E-state index contributed by atoms with van der Waals surface area (Å²) in [5, 5.41) is 17.8. The fourth-order valence-corrected chi connectivity index (χ4v) is 1.17. The van der Waals surface area contributed by atoms with E-state index in [1.54, 1.807) is 0 Å². The minimum atomic E-state index is -5.20. The van der Waals surface area contributed by atoms with Crippen LogP contribution < -0.4 is 0 Å². The first kappa shape index (κ1) is 12.2. The summed E-state index contributed by atoms with van der Waals surface area (Å²) in [5.74, 6) is -3.94. The Kier molecular flexibility index (Phi) is 2.95. The maximum Gasteiger partial charge on any atom is 0.447 e. The summed E-state index contributed by atoms with van der Waals surface area (Å²) >= 11 is 5.42. The van der Waals surface area contributed by atoms with Crippen LogP contribution >= 0.6 is 11.6 Å². The zero-order chi connectivity index (χ0) is 11.9. The molecule has 15 heavy (non-hydrogen) atoms. The Hall–Kier alpha value is -0.850. The molecule has 0 radical (unpaired) electrons. The molecule has 0 saturated carbocycles. The van der Waals surface area contributed by atoms with Crippen molar-refractivity contribution in [3.8, 4) is 0 Å². The summed E-state index contributed by atoms with van der Waals surface area (Å²) in [5.41, 5.74) is -0.927. The molecule has 1 heterocycles. The summed E-state index contributed by atoms with van der Waals surface area (Å²) in [6.07, 6.45) is -4.09. The highest BCUT2D eigenvalue weighted by atomic mass is 35.5. The minimum Gasteiger partial charge on any atom is -0.355 e. The maximum atomic E-state index is 12.3. The molecule has 0 amide bonds. The van der Waals surface area contributed by atoms with E-state index in [4.69, 9.17) is 21.8 Å². The van der Waals surface area contributed by atoms with Crippen molar-refractivity contribution in [2.24, 2.45) is 0 Å². The minimum absolute atomic E-state index is 0.104. The largest absolute Gasteiger partial charge is 0.447 e. The van der Waals surface area contributed by atoms with Gasteiger partial charge in [0, 0.05) is 17.5 Å². The molecule has 1 aromatic rings. The molecule has 0 aliphatic heterocycles. The van der Waals surface area contributed by atoms with E-state index in [0.717, 1.165) is 12.3 Å². The van der Waals surface area contributed by atoms with Gasteiger partial charge in [-0.3, -0.25) is 4.98 Å². The van der Waals surface area contributed by atoms with Gasteiger partial charge in [0.25, 0.3) is 5.79 Å². The van der Waals surface area contributed by atoms with Crippen LogP contribution in [0.15, 0.2) is 12.3 Å². The Morgan fingerprint density at radius 2 is 1.87 bits per heavy atom. The van der Waals surface area contributed by atoms with Gasteiger partial charge in [0.05, 0.1) is 5.02 Å². The number of alkyl halides is 3. The molecule has 0 saturated heterocycles. The number of aryl methyl sites for hydroxylation is 1. The van der Waals surface area contributed by atoms with E-state index < -0.39 is 17.5 Å². The number of hydrogen-bond donors (Lipinski definition) is 2. The molecule has 0 bridgehead atoms. The summed E-state index contributed by atoms with van der Waals surface area (Å²) in [4.78, 5) is 3.51. The molecule has 0 aliphatic rings. The third kappa shape index (κ3) is 2.22. The molecular weight excluding hydrogens is 235 g/mol. The molecule has 84 valence electrons. The van der Waals surface area contributed by atoms with Gasteiger partial charge in [-0.15, -0.1) is 0 Å². The van der Waals surface area contributed by atoms with Gasteiger partial charge in [-0.25, -0.2) is 0 Å². The second-order valence-electron chi connectivity index (χ2n) is 2.96. The van der Waals surface area contributed by atoms with Crippen LogP contribution in [0, 0.1) is 6.92 Å². The van der Waals surface area contributed by atoms with E-state index in [9.17, 15) is 13.2 Å². The van der Waals surface area contributed by atoms with Crippen LogP contribution in [-0.4, -0.2) is 21.4 Å². The molecule has 0 spiro atoms. The van der Waals surface area contributed by atoms with E-state index in [-0.39, 0.29) is 10.7 Å². The lowest BCUT2D eigenvalue weighted by atomic mass is 10.0. The van der Waals surface area contributed by atoms with E-state index in [2.05, 4.69) is 4.98 Å². The topological polar surface area (TPSA) is 53.4 Å². The van der Waals surface area contributed by atoms with E-state index in [1.165, 1.54) is 6.92 Å². The third-order valence-electron chi connectivity index (χ3n) is 1.82. The van der Waals surface area contributed by atoms with Crippen molar-refractivity contribution in [3.63, 3.8) is 0 Å². The van der Waals surface area contributed by atoms with Gasteiger partial charge in [0.1, 0.15) is 0 Å². The number of rotatable bonds is 1. The number of aliphatic hydroxyl groups is 2. The predicted octanol–water partition coefficient (Wildman–Crippen LogP) is 1.74. The molecule has 7 heteroatoms. The van der Waals surface area contributed by atoms with Gasteiger partial charge in [0.2, 0.25) is 0 Å². The first-order valence-corrected chi connectivity index (χ1v) is 4.18. The van der Waals surface area contributed by atoms with Crippen molar-refractivity contribution in [1.29, 1.82) is 0 Å². The van der Waals surface area contributed by atoms with Crippen molar-refractivity contribution in [2.75, 3.05) is 0 Å². The zero-order valence-corrected chi connectivity index (χ0v) is 8.26. The van der Waals surface area contributed by atoms with Crippen molar-refractivity contribution in [3.05, 3.63) is 28.5 Å². The molecule has 0 fully saturated rings. The highest BCUT2D eigenvalue weighted by molar-refractivity contribution is 6.30. The highest BCUT2D eigenvalue weighted by Crippen LogP contribution is 2.38. The van der Waals surface area contributed by atoms with Crippen LogP contribution in [0.4, 0.5) is 13.2 Å². The number of halogens is 4. The zero-order valence-electron chi connectivity index (χ0n) is 7.51. The van der Waals surface area contributed by atoms with Crippen molar-refractivity contribution >= 4 is 11.6 Å². The summed E-state index contributed by atoms with van der Waals surface area (Å²) in [6.45, 7) is 1.22. The SMILES string of the molecule is Cc1ncc(Cl)cc1C(O)(O)C(F)(F)F. The van der Waals surface area contributed by atoms with Gasteiger partial charge in [-0.2, -0.15) is 13.2 Å². The summed E-state index contributed by atoms with van der Waals surface area (Å²) < 4.78 is 36.8. The molecule has 2 N–H and O–H groups in total. The van der Waals surface area contributed by atoms with Crippen LogP contribution in [-0.2, 0) is 5.79 Å². The van der Waals surface area contributed by atoms with Crippen LogP contribution in [0.3, 0.4) is 0 Å². The molecule has 1 aromatic heterocycles. The average molecular weight is 242 g/mol. The van der Waals surface area contributed by atoms with Crippen LogP contribution in [0.2, 0.25) is 5.02 Å². The summed E-state index contributed by atoms with van der Waals surface area (Å²) in [7, 11) is 0. The van der Waals surface area contributed by atoms with Crippen molar-refractivity contribution in [1.82, 2.24) is 4.98 Å². The Bertz CT molecular complexity index is 379. The van der Waals surface area contributed by atoms with Gasteiger partial charge in [-0.1, -0.05) is 11.6 Å². The second-order valence-corrected chi connectivity index (χ2v) is 3.39. The molecule has 0 atom stereocenters. The lowest BCUT2D eigenvalue weighted by Gasteiger charge is -2.25. The first-order chi connectivity index (χ1) is 6.66. The molecule has 0 unspecified atom stereocenters. The van der Waals surface area contributed by atoms with Gasteiger partial charge < -0.3 is 10.2 Å². The van der Waals surface area contributed by atoms with Crippen LogP contribution in [0.25, 0.3) is 0 Å². The van der Waals surface area contributed by atoms with E-state index >= 15 is 0 Å². The lowest BCUT2D eigenvalue weighted by Crippen LogP contribution is -2.42. The van der Waals surface area contributed by atoms with Gasteiger partial charge in [0.15, 0.2) is 0 Å². The molecule has 1 rings (SSSR count). The number of hydrogen-bond acceptors (Lipinski definition) is 3. The maximum absolute atomic E-state index is 12.3. The fourth-order valence-electron chi connectivity index (χ4n) is 1.01. The van der Waals surface area contributed by atoms with Gasteiger partial charge in [-0.05, 0) is 13.0 Å². The Morgan fingerprint density at radius 1 is 1.33 bits per heavy atom. The number of aromatic nitrogens is 1. The van der Waals surface area contributed by atoms with Crippen molar-refractivity contribution in [2.45, 2.75) is 18.9 Å². The quantitative estimate of drug-likeness (QED) is 0.737. The van der Waals surface area contributed by atoms with Crippen molar-refractivity contribution < 1.29 is 23.4 Å². The van der Waals surface area contributed by atoms with Crippen LogP contribution in [0.1, 0.15) is 11.3 Å². The third-order valence-corrected chi connectivity index (χ3v) is 2.03. The Balaban J connectivity index is 3.32. The van der Waals surface area contributed by atoms with E-state index in [0.29, 0.717) is 0 Å². The number of pyridine rings is 1. The smallest absolute Gasteiger partial charge is 0.355 e. The lowest BCUT2D eigenvalue weighted by molar-refractivity contribution is -0.358. The molecule has 0 aliphatic carbocycles. The highest BCUT2D eigenvalue weighted by Gasteiger charge is 2.55. The molecule has 0 aromatic carbocycles. The van der Waals surface area contributed by atoms with Crippen LogP contribution in [0.5, 0.6) is 0 Å². The monoisotopic (exact) mass is 241 g/mol. The Morgan fingerprint density at radius 3 is 2.33 bits per heavy atom. The van der Waals surface area contributed by atoms with Gasteiger partial charge >= 0.3 is 6.18 Å². The summed E-state index contributed by atoms with van der Waals surface area (Å²) in [6, 6.07) is 0.817. The predicted molar refractivity (Wildman–Crippen MR) is 46.2 cm³/mol. The standard InChI is InChI=1S/C8H7ClF3NO2/c1-4-6(2-5(9)3-13-4)7(14,15)8(10,11)12/h2-3,14-15H,1H3.